The Morgan fingerprint density at radius 3 is 2.75 bits per heavy atom. The molecule has 3 rings (SSSR count). The molecular weight excluding hydrogens is 330 g/mol. The highest BCUT2D eigenvalue weighted by atomic mass is 32.1. The van der Waals surface area contributed by atoms with Crippen LogP contribution in [0.25, 0.3) is 11.4 Å². The van der Waals surface area contributed by atoms with E-state index in [2.05, 4.69) is 15.4 Å². The molecule has 122 valence electrons. The summed E-state index contributed by atoms with van der Waals surface area (Å²) >= 11 is 1.58. The zero-order valence-electron chi connectivity index (χ0n) is 12.5. The zero-order chi connectivity index (χ0) is 16.9. The number of hydrogen-bond acceptors (Lipinski definition) is 6. The summed E-state index contributed by atoms with van der Waals surface area (Å²) in [7, 11) is 0. The van der Waals surface area contributed by atoms with Gasteiger partial charge in [-0.15, -0.1) is 11.3 Å². The van der Waals surface area contributed by atoms with E-state index < -0.39 is 4.92 Å². The van der Waals surface area contributed by atoms with Crippen LogP contribution in [0.1, 0.15) is 4.88 Å². The maximum Gasteiger partial charge on any atom is 0.269 e. The first-order chi connectivity index (χ1) is 11.6. The van der Waals surface area contributed by atoms with Crippen molar-refractivity contribution in [3.8, 4) is 11.4 Å². The number of nitrogens with one attached hydrogen (secondary N) is 1. The molecule has 0 saturated carbocycles. The van der Waals surface area contributed by atoms with Gasteiger partial charge in [-0.05, 0) is 23.6 Å². The number of aromatic nitrogens is 3. The molecule has 8 nitrogen and oxygen atoms in total. The van der Waals surface area contributed by atoms with Crippen LogP contribution in [-0.4, -0.2) is 25.6 Å². The largest absolute Gasteiger partial charge is 0.350 e. The van der Waals surface area contributed by atoms with E-state index in [1.807, 2.05) is 17.5 Å². The molecular formula is C15H13N5O3S. The fourth-order valence-corrected chi connectivity index (χ4v) is 2.68. The van der Waals surface area contributed by atoms with E-state index in [1.165, 1.54) is 23.1 Å². The first-order valence-electron chi connectivity index (χ1n) is 7.05. The Labute approximate surface area is 140 Å². The molecule has 0 aliphatic carbocycles. The van der Waals surface area contributed by atoms with E-state index >= 15 is 0 Å². The van der Waals surface area contributed by atoms with Gasteiger partial charge in [-0.2, -0.15) is 5.10 Å². The van der Waals surface area contributed by atoms with E-state index in [1.54, 1.807) is 23.5 Å². The van der Waals surface area contributed by atoms with Crippen molar-refractivity contribution in [2.75, 3.05) is 0 Å². The number of hydrogen-bond donors (Lipinski definition) is 1. The van der Waals surface area contributed by atoms with Gasteiger partial charge >= 0.3 is 0 Å². The molecule has 24 heavy (non-hydrogen) atoms. The molecule has 0 atom stereocenters. The van der Waals surface area contributed by atoms with E-state index in [-0.39, 0.29) is 18.1 Å². The monoisotopic (exact) mass is 343 g/mol. The highest BCUT2D eigenvalue weighted by Gasteiger charge is 2.10. The van der Waals surface area contributed by atoms with Gasteiger partial charge in [0.2, 0.25) is 5.91 Å². The molecule has 3 aromatic rings. The van der Waals surface area contributed by atoms with Crippen LogP contribution in [0.4, 0.5) is 5.69 Å². The van der Waals surface area contributed by atoms with Crippen LogP contribution in [0.5, 0.6) is 0 Å². The van der Waals surface area contributed by atoms with E-state index in [0.29, 0.717) is 17.9 Å². The molecule has 2 aromatic heterocycles. The second kappa shape index (κ2) is 7.01. The number of non-ortho nitro benzene ring substituents is 1. The summed E-state index contributed by atoms with van der Waals surface area (Å²) in [5, 5.41) is 19.6. The number of amides is 1. The van der Waals surface area contributed by atoms with Crippen LogP contribution < -0.4 is 5.32 Å². The van der Waals surface area contributed by atoms with Gasteiger partial charge < -0.3 is 5.32 Å². The molecule has 0 radical (unpaired) electrons. The Morgan fingerprint density at radius 2 is 2.08 bits per heavy atom. The quantitative estimate of drug-likeness (QED) is 0.546. The summed E-state index contributed by atoms with van der Waals surface area (Å²) in [5.74, 6) is 0.250. The molecule has 9 heteroatoms. The second-order valence-corrected chi connectivity index (χ2v) is 5.96. The van der Waals surface area contributed by atoms with Crippen molar-refractivity contribution in [3.63, 3.8) is 0 Å². The Bertz CT molecular complexity index is 842. The van der Waals surface area contributed by atoms with Crippen LogP contribution in [0.2, 0.25) is 0 Å². The first-order valence-corrected chi connectivity index (χ1v) is 7.93. The van der Waals surface area contributed by atoms with Crippen LogP contribution >= 0.6 is 11.3 Å². The molecule has 0 bridgehead atoms. The molecule has 0 unspecified atom stereocenters. The van der Waals surface area contributed by atoms with Crippen molar-refractivity contribution in [2.24, 2.45) is 0 Å². The van der Waals surface area contributed by atoms with E-state index in [4.69, 9.17) is 0 Å². The number of carbonyl (C=O) groups is 1. The minimum absolute atomic E-state index is 0.00568. The number of nitro groups is 1. The van der Waals surface area contributed by atoms with Gasteiger partial charge in [0, 0.05) is 22.6 Å². The van der Waals surface area contributed by atoms with Crippen LogP contribution in [0.3, 0.4) is 0 Å². The number of carbonyl (C=O) groups excluding carboxylic acids is 1. The predicted molar refractivity (Wildman–Crippen MR) is 88.3 cm³/mol. The summed E-state index contributed by atoms with van der Waals surface area (Å²) in [6.07, 6.45) is 1.46. The van der Waals surface area contributed by atoms with Crippen molar-refractivity contribution < 1.29 is 9.72 Å². The number of benzene rings is 1. The van der Waals surface area contributed by atoms with Crippen molar-refractivity contribution >= 4 is 22.9 Å². The molecule has 2 heterocycles. The number of rotatable bonds is 6. The Balaban J connectivity index is 1.60. The number of nitrogens with zero attached hydrogens (tertiary/aromatic N) is 4. The van der Waals surface area contributed by atoms with Gasteiger partial charge in [0.05, 0.1) is 11.5 Å². The summed E-state index contributed by atoms with van der Waals surface area (Å²) in [4.78, 5) is 27.3. The molecule has 0 saturated heterocycles. The van der Waals surface area contributed by atoms with Gasteiger partial charge in [0.25, 0.3) is 5.69 Å². The normalized spacial score (nSPS) is 10.5. The summed E-state index contributed by atoms with van der Waals surface area (Å²) in [6.45, 7) is 0.547. The van der Waals surface area contributed by atoms with E-state index in [0.717, 1.165) is 4.88 Å². The zero-order valence-corrected chi connectivity index (χ0v) is 13.3. The van der Waals surface area contributed by atoms with Gasteiger partial charge in [-0.1, -0.05) is 6.07 Å². The lowest BCUT2D eigenvalue weighted by Gasteiger charge is -2.03. The van der Waals surface area contributed by atoms with Gasteiger partial charge in [0.1, 0.15) is 12.9 Å². The molecule has 0 fully saturated rings. The van der Waals surface area contributed by atoms with Gasteiger partial charge in [0.15, 0.2) is 5.82 Å². The van der Waals surface area contributed by atoms with Crippen molar-refractivity contribution in [3.05, 3.63) is 63.1 Å². The van der Waals surface area contributed by atoms with Crippen LogP contribution in [0, 0.1) is 10.1 Å². The minimum atomic E-state index is -0.465. The Kier molecular flexibility index (Phi) is 4.62. The Hall–Kier alpha value is -3.07. The molecule has 1 N–H and O–H groups in total. The van der Waals surface area contributed by atoms with Crippen LogP contribution in [0.15, 0.2) is 48.1 Å². The molecule has 1 amide bonds. The molecule has 0 aliphatic heterocycles. The molecule has 1 aromatic carbocycles. The fourth-order valence-electron chi connectivity index (χ4n) is 2.04. The SMILES string of the molecule is O=C(Cn1cnc(-c2ccc([N+](=O)[O-])cc2)n1)NCc1cccs1. The number of nitro benzene ring substituents is 1. The second-order valence-electron chi connectivity index (χ2n) is 4.93. The fraction of sp³-hybridized carbons (Fsp3) is 0.133. The van der Waals surface area contributed by atoms with Crippen molar-refractivity contribution in [1.82, 2.24) is 20.1 Å². The van der Waals surface area contributed by atoms with Gasteiger partial charge in [-0.3, -0.25) is 14.9 Å². The highest BCUT2D eigenvalue weighted by Crippen LogP contribution is 2.18. The summed E-state index contributed by atoms with van der Waals surface area (Å²) < 4.78 is 1.43. The first kappa shape index (κ1) is 15.8. The number of thiophene rings is 1. The highest BCUT2D eigenvalue weighted by molar-refractivity contribution is 7.09. The third kappa shape index (κ3) is 3.82. The standard InChI is InChI=1S/C15H13N5O3S/c21-14(16-8-13-2-1-7-24-13)9-19-10-17-15(18-19)11-3-5-12(6-4-11)20(22)23/h1-7,10H,8-9H2,(H,16,21). The third-order valence-electron chi connectivity index (χ3n) is 3.22. The van der Waals surface area contributed by atoms with Crippen LogP contribution in [-0.2, 0) is 17.9 Å². The lowest BCUT2D eigenvalue weighted by atomic mass is 10.2. The van der Waals surface area contributed by atoms with E-state index in [9.17, 15) is 14.9 Å². The molecule has 0 aliphatic rings. The lowest BCUT2D eigenvalue weighted by molar-refractivity contribution is -0.384. The smallest absolute Gasteiger partial charge is 0.269 e. The molecule has 0 spiro atoms. The van der Waals surface area contributed by atoms with Gasteiger partial charge in [-0.25, -0.2) is 9.67 Å². The van der Waals surface area contributed by atoms with Crippen molar-refractivity contribution in [2.45, 2.75) is 13.1 Å². The summed E-state index contributed by atoms with van der Waals surface area (Å²) in [6, 6.07) is 9.82. The minimum Gasteiger partial charge on any atom is -0.350 e. The topological polar surface area (TPSA) is 103 Å². The van der Waals surface area contributed by atoms with Crippen molar-refractivity contribution in [1.29, 1.82) is 0 Å². The average molecular weight is 343 g/mol. The summed E-state index contributed by atoms with van der Waals surface area (Å²) in [5.41, 5.74) is 0.657. The predicted octanol–water partition coefficient (Wildman–Crippen LogP) is 2.23. The maximum absolute atomic E-state index is 11.9. The average Bonchev–Trinajstić information content (AvgIpc) is 3.25. The Morgan fingerprint density at radius 1 is 1.29 bits per heavy atom. The third-order valence-corrected chi connectivity index (χ3v) is 4.09. The lowest BCUT2D eigenvalue weighted by Crippen LogP contribution is -2.27. The maximum atomic E-state index is 11.9.